The van der Waals surface area contributed by atoms with E-state index < -0.39 is 11.8 Å². The topological polar surface area (TPSA) is 55.1 Å². The monoisotopic (exact) mass is 222 g/mol. The summed E-state index contributed by atoms with van der Waals surface area (Å²) >= 11 is 0. The van der Waals surface area contributed by atoms with Crippen molar-refractivity contribution in [3.63, 3.8) is 0 Å². The minimum atomic E-state index is -0.843. The molecule has 0 aliphatic heterocycles. The fourth-order valence-corrected chi connectivity index (χ4v) is 1.70. The van der Waals surface area contributed by atoms with Crippen molar-refractivity contribution in [1.29, 1.82) is 0 Å². The van der Waals surface area contributed by atoms with E-state index in [2.05, 4.69) is 4.98 Å². The standard InChI is InChI=1S/C11H11FN2O2/c1-14-8(2-3-11(15)16)5-9-10(14)4-7(12)6-13-9/h4-6H,2-3H2,1H3,(H,15,16). The third-order valence-corrected chi connectivity index (χ3v) is 2.55. The number of aliphatic carboxylic acids is 1. The van der Waals surface area contributed by atoms with E-state index in [1.54, 1.807) is 17.7 Å². The first-order valence-corrected chi connectivity index (χ1v) is 4.89. The number of rotatable bonds is 3. The summed E-state index contributed by atoms with van der Waals surface area (Å²) in [6.45, 7) is 0. The van der Waals surface area contributed by atoms with Crippen molar-refractivity contribution in [2.45, 2.75) is 12.8 Å². The molecular formula is C11H11FN2O2. The predicted octanol–water partition coefficient (Wildman–Crippen LogP) is 1.73. The average Bonchev–Trinajstić information content (AvgIpc) is 2.53. The highest BCUT2D eigenvalue weighted by molar-refractivity contribution is 5.77. The molecule has 0 aliphatic carbocycles. The van der Waals surface area contributed by atoms with Gasteiger partial charge < -0.3 is 9.67 Å². The highest BCUT2D eigenvalue weighted by atomic mass is 19.1. The summed E-state index contributed by atoms with van der Waals surface area (Å²) < 4.78 is 14.7. The van der Waals surface area contributed by atoms with Crippen molar-refractivity contribution in [3.8, 4) is 0 Å². The number of carboxylic acid groups (broad SMARTS) is 1. The normalized spacial score (nSPS) is 10.9. The fourth-order valence-electron chi connectivity index (χ4n) is 1.70. The molecule has 0 bridgehead atoms. The summed E-state index contributed by atoms with van der Waals surface area (Å²) in [6, 6.07) is 3.18. The van der Waals surface area contributed by atoms with E-state index in [0.717, 1.165) is 11.9 Å². The van der Waals surface area contributed by atoms with Crippen molar-refractivity contribution in [2.24, 2.45) is 7.05 Å². The van der Waals surface area contributed by atoms with Crippen LogP contribution in [0.25, 0.3) is 11.0 Å². The summed E-state index contributed by atoms with van der Waals surface area (Å²) in [4.78, 5) is 14.4. The van der Waals surface area contributed by atoms with Gasteiger partial charge in [-0.3, -0.25) is 9.78 Å². The van der Waals surface area contributed by atoms with Gasteiger partial charge in [0, 0.05) is 18.8 Å². The van der Waals surface area contributed by atoms with E-state index in [1.165, 1.54) is 6.07 Å². The SMILES string of the molecule is Cn1c(CCC(=O)O)cc2ncc(F)cc21. The lowest BCUT2D eigenvalue weighted by atomic mass is 10.2. The zero-order valence-corrected chi connectivity index (χ0v) is 8.77. The Kier molecular flexibility index (Phi) is 2.60. The molecule has 0 aromatic carbocycles. The number of halogens is 1. The first-order chi connectivity index (χ1) is 7.58. The Morgan fingerprint density at radius 1 is 1.56 bits per heavy atom. The van der Waals surface area contributed by atoms with Gasteiger partial charge in [0.05, 0.1) is 23.7 Å². The fraction of sp³-hybridized carbons (Fsp3) is 0.273. The molecule has 0 aliphatic rings. The molecule has 2 aromatic heterocycles. The molecular weight excluding hydrogens is 211 g/mol. The second kappa shape index (κ2) is 3.92. The van der Waals surface area contributed by atoms with Crippen LogP contribution in [0.2, 0.25) is 0 Å². The lowest BCUT2D eigenvalue weighted by Crippen LogP contribution is -2.01. The van der Waals surface area contributed by atoms with Gasteiger partial charge in [-0.2, -0.15) is 0 Å². The average molecular weight is 222 g/mol. The van der Waals surface area contributed by atoms with Crippen LogP contribution < -0.4 is 0 Å². The number of hydrogen-bond donors (Lipinski definition) is 1. The maximum atomic E-state index is 13.0. The van der Waals surface area contributed by atoms with Gasteiger partial charge in [-0.15, -0.1) is 0 Å². The quantitative estimate of drug-likeness (QED) is 0.860. The van der Waals surface area contributed by atoms with Crippen LogP contribution in [0.5, 0.6) is 0 Å². The number of aromatic nitrogens is 2. The minimum absolute atomic E-state index is 0.0621. The molecule has 0 fully saturated rings. The van der Waals surface area contributed by atoms with Crippen LogP contribution in [-0.2, 0) is 18.3 Å². The molecule has 4 nitrogen and oxygen atoms in total. The molecule has 5 heteroatoms. The predicted molar refractivity (Wildman–Crippen MR) is 56.6 cm³/mol. The number of fused-ring (bicyclic) bond motifs is 1. The summed E-state index contributed by atoms with van der Waals surface area (Å²) in [5, 5.41) is 8.60. The Morgan fingerprint density at radius 2 is 2.31 bits per heavy atom. The number of nitrogens with zero attached hydrogens (tertiary/aromatic N) is 2. The van der Waals surface area contributed by atoms with Crippen molar-refractivity contribution >= 4 is 17.0 Å². The molecule has 0 radical (unpaired) electrons. The minimum Gasteiger partial charge on any atom is -0.481 e. The van der Waals surface area contributed by atoms with Crippen LogP contribution in [0.3, 0.4) is 0 Å². The largest absolute Gasteiger partial charge is 0.481 e. The summed E-state index contributed by atoms with van der Waals surface area (Å²) in [7, 11) is 1.78. The molecule has 0 amide bonds. The molecule has 84 valence electrons. The van der Waals surface area contributed by atoms with E-state index >= 15 is 0 Å². The Balaban J connectivity index is 2.40. The Morgan fingerprint density at radius 3 is 3.00 bits per heavy atom. The van der Waals surface area contributed by atoms with Crippen molar-refractivity contribution in [1.82, 2.24) is 9.55 Å². The van der Waals surface area contributed by atoms with Crippen molar-refractivity contribution in [2.75, 3.05) is 0 Å². The van der Waals surface area contributed by atoms with Gasteiger partial charge in [-0.1, -0.05) is 0 Å². The van der Waals surface area contributed by atoms with Crippen LogP contribution in [0.1, 0.15) is 12.1 Å². The summed E-state index contributed by atoms with van der Waals surface area (Å²) in [5.74, 6) is -1.23. The molecule has 0 saturated carbocycles. The highest BCUT2D eigenvalue weighted by Gasteiger charge is 2.09. The molecule has 2 aromatic rings. The number of carboxylic acids is 1. The van der Waals surface area contributed by atoms with Gasteiger partial charge in [0.15, 0.2) is 0 Å². The third kappa shape index (κ3) is 1.88. The van der Waals surface area contributed by atoms with Crippen molar-refractivity contribution in [3.05, 3.63) is 29.8 Å². The van der Waals surface area contributed by atoms with E-state index in [9.17, 15) is 9.18 Å². The second-order valence-electron chi connectivity index (χ2n) is 3.65. The van der Waals surface area contributed by atoms with E-state index in [-0.39, 0.29) is 6.42 Å². The molecule has 0 saturated heterocycles. The lowest BCUT2D eigenvalue weighted by molar-refractivity contribution is -0.136. The van der Waals surface area contributed by atoms with Crippen LogP contribution >= 0.6 is 0 Å². The number of pyridine rings is 1. The maximum absolute atomic E-state index is 13.0. The second-order valence-corrected chi connectivity index (χ2v) is 3.65. The maximum Gasteiger partial charge on any atom is 0.303 e. The van der Waals surface area contributed by atoms with Gasteiger partial charge in [-0.05, 0) is 12.5 Å². The molecule has 16 heavy (non-hydrogen) atoms. The number of aryl methyl sites for hydroxylation is 2. The lowest BCUT2D eigenvalue weighted by Gasteiger charge is -2.01. The van der Waals surface area contributed by atoms with Crippen molar-refractivity contribution < 1.29 is 14.3 Å². The molecule has 0 unspecified atom stereocenters. The zero-order valence-electron chi connectivity index (χ0n) is 8.77. The highest BCUT2D eigenvalue weighted by Crippen LogP contribution is 2.18. The van der Waals surface area contributed by atoms with Gasteiger partial charge in [0.1, 0.15) is 5.82 Å². The molecule has 2 rings (SSSR count). The summed E-state index contributed by atoms with van der Waals surface area (Å²) in [6.07, 6.45) is 1.64. The third-order valence-electron chi connectivity index (χ3n) is 2.55. The van der Waals surface area contributed by atoms with Gasteiger partial charge in [0.25, 0.3) is 0 Å². The molecule has 0 atom stereocenters. The number of carbonyl (C=O) groups is 1. The van der Waals surface area contributed by atoms with Crippen LogP contribution in [0.15, 0.2) is 18.3 Å². The van der Waals surface area contributed by atoms with Crippen LogP contribution in [0.4, 0.5) is 4.39 Å². The van der Waals surface area contributed by atoms with Gasteiger partial charge in [-0.25, -0.2) is 4.39 Å². The Bertz CT molecular complexity index is 548. The number of hydrogen-bond acceptors (Lipinski definition) is 2. The molecule has 0 spiro atoms. The molecule has 1 N–H and O–H groups in total. The first-order valence-electron chi connectivity index (χ1n) is 4.89. The zero-order chi connectivity index (χ0) is 11.7. The van der Waals surface area contributed by atoms with E-state index in [0.29, 0.717) is 17.5 Å². The van der Waals surface area contributed by atoms with E-state index in [4.69, 9.17) is 5.11 Å². The van der Waals surface area contributed by atoms with Crippen LogP contribution in [0, 0.1) is 5.82 Å². The Labute approximate surface area is 91.3 Å². The van der Waals surface area contributed by atoms with Crippen LogP contribution in [-0.4, -0.2) is 20.6 Å². The molecule has 2 heterocycles. The summed E-state index contributed by atoms with van der Waals surface area (Å²) in [5.41, 5.74) is 2.21. The smallest absolute Gasteiger partial charge is 0.303 e. The van der Waals surface area contributed by atoms with E-state index in [1.807, 2.05) is 0 Å². The first kappa shape index (κ1) is 10.6. The van der Waals surface area contributed by atoms with Gasteiger partial charge >= 0.3 is 5.97 Å². The van der Waals surface area contributed by atoms with Gasteiger partial charge in [0.2, 0.25) is 0 Å². The Hall–Kier alpha value is -1.91.